The van der Waals surface area contributed by atoms with Crippen LogP contribution in [0.1, 0.15) is 12.8 Å². The molecular formula is C11H16N2O4. The first kappa shape index (κ1) is 12.1. The summed E-state index contributed by atoms with van der Waals surface area (Å²) in [4.78, 5) is 24.3. The van der Waals surface area contributed by atoms with Crippen LogP contribution in [0.4, 0.5) is 0 Å². The first-order valence-corrected chi connectivity index (χ1v) is 5.64. The number of β-amino-alcohol motifs (C(OH)–C–C–N with tert-alkyl or cyclic N) is 1. The third-order valence-electron chi connectivity index (χ3n) is 3.28. The number of nitrogens with zero attached hydrogens (tertiary/aromatic N) is 1. The highest BCUT2D eigenvalue weighted by atomic mass is 16.4. The molecule has 1 aliphatic heterocycles. The van der Waals surface area contributed by atoms with E-state index in [0.29, 0.717) is 6.42 Å². The van der Waals surface area contributed by atoms with Crippen molar-refractivity contribution < 1.29 is 19.8 Å². The molecule has 0 radical (unpaired) electrons. The minimum atomic E-state index is -1.07. The topological polar surface area (TPSA) is 104 Å². The predicted molar refractivity (Wildman–Crippen MR) is 59.0 cm³/mol. The van der Waals surface area contributed by atoms with Gasteiger partial charge in [-0.2, -0.15) is 0 Å². The van der Waals surface area contributed by atoms with Gasteiger partial charge in [0.2, 0.25) is 5.91 Å². The van der Waals surface area contributed by atoms with Crippen LogP contribution in [0.15, 0.2) is 12.2 Å². The molecule has 1 aliphatic carbocycles. The Morgan fingerprint density at radius 3 is 2.53 bits per heavy atom. The van der Waals surface area contributed by atoms with E-state index in [0.717, 1.165) is 0 Å². The van der Waals surface area contributed by atoms with Gasteiger partial charge in [0.25, 0.3) is 0 Å². The summed E-state index contributed by atoms with van der Waals surface area (Å²) in [5.41, 5.74) is 5.66. The summed E-state index contributed by atoms with van der Waals surface area (Å²) < 4.78 is 0. The third kappa shape index (κ3) is 2.32. The van der Waals surface area contributed by atoms with Crippen LogP contribution in [0.3, 0.4) is 0 Å². The quantitative estimate of drug-likeness (QED) is 0.533. The zero-order valence-corrected chi connectivity index (χ0v) is 9.32. The standard InChI is InChI=1S/C11H16N2O4/c12-7-2-1-6(3-7)10(15)13-5-8(14)4-9(13)11(16)17/h1-2,6-9,14H,3-5,12H2,(H,16,17)/t6?,7?,8-,9+/m1/s1. The van der Waals surface area contributed by atoms with Gasteiger partial charge in [-0.25, -0.2) is 4.79 Å². The number of carboxylic acid groups (broad SMARTS) is 1. The smallest absolute Gasteiger partial charge is 0.326 e. The molecule has 0 bridgehead atoms. The molecular weight excluding hydrogens is 224 g/mol. The van der Waals surface area contributed by atoms with Gasteiger partial charge >= 0.3 is 5.97 Å². The second kappa shape index (κ2) is 4.46. The summed E-state index contributed by atoms with van der Waals surface area (Å²) in [5, 5.41) is 18.5. The molecule has 2 aliphatic rings. The minimum Gasteiger partial charge on any atom is -0.480 e. The zero-order chi connectivity index (χ0) is 12.6. The van der Waals surface area contributed by atoms with Crippen molar-refractivity contribution in [1.82, 2.24) is 4.90 Å². The van der Waals surface area contributed by atoms with E-state index < -0.39 is 18.1 Å². The SMILES string of the molecule is NC1C=CC(C(=O)N2C[C@H](O)C[C@H]2C(=O)O)C1. The molecule has 6 nitrogen and oxygen atoms in total. The number of aliphatic carboxylic acids is 1. The molecule has 1 fully saturated rings. The van der Waals surface area contributed by atoms with E-state index in [2.05, 4.69) is 0 Å². The van der Waals surface area contributed by atoms with Gasteiger partial charge < -0.3 is 20.8 Å². The molecule has 2 unspecified atom stereocenters. The van der Waals surface area contributed by atoms with Crippen molar-refractivity contribution >= 4 is 11.9 Å². The van der Waals surface area contributed by atoms with Crippen LogP contribution in [-0.2, 0) is 9.59 Å². The maximum Gasteiger partial charge on any atom is 0.326 e. The van der Waals surface area contributed by atoms with Crippen molar-refractivity contribution in [2.24, 2.45) is 11.7 Å². The molecule has 1 saturated heterocycles. The molecule has 0 aromatic carbocycles. The number of rotatable bonds is 2. The van der Waals surface area contributed by atoms with Crippen molar-refractivity contribution in [3.63, 3.8) is 0 Å². The second-order valence-corrected chi connectivity index (χ2v) is 4.63. The Kier molecular flexibility index (Phi) is 3.17. The van der Waals surface area contributed by atoms with Crippen molar-refractivity contribution in [2.45, 2.75) is 31.0 Å². The van der Waals surface area contributed by atoms with Crippen molar-refractivity contribution in [2.75, 3.05) is 6.54 Å². The summed E-state index contributed by atoms with van der Waals surface area (Å²) in [5.74, 6) is -1.67. The van der Waals surface area contributed by atoms with E-state index in [1.54, 1.807) is 12.2 Å². The maximum atomic E-state index is 12.1. The lowest BCUT2D eigenvalue weighted by atomic mass is 10.1. The van der Waals surface area contributed by atoms with Crippen molar-refractivity contribution in [3.8, 4) is 0 Å². The van der Waals surface area contributed by atoms with Crippen LogP contribution in [-0.4, -0.2) is 51.7 Å². The van der Waals surface area contributed by atoms with E-state index in [-0.39, 0.29) is 30.8 Å². The van der Waals surface area contributed by atoms with Crippen molar-refractivity contribution in [3.05, 3.63) is 12.2 Å². The molecule has 1 amide bonds. The van der Waals surface area contributed by atoms with Gasteiger partial charge in [-0.3, -0.25) is 4.79 Å². The number of aliphatic hydroxyl groups excluding tert-OH is 1. The second-order valence-electron chi connectivity index (χ2n) is 4.63. The fraction of sp³-hybridized carbons (Fsp3) is 0.636. The molecule has 0 aromatic heterocycles. The molecule has 94 valence electrons. The summed E-state index contributed by atoms with van der Waals surface area (Å²) in [7, 11) is 0. The average Bonchev–Trinajstić information content (AvgIpc) is 2.83. The molecule has 0 aromatic rings. The summed E-state index contributed by atoms with van der Waals surface area (Å²) in [6.07, 6.45) is 3.34. The molecule has 0 spiro atoms. The van der Waals surface area contributed by atoms with E-state index in [4.69, 9.17) is 10.8 Å². The average molecular weight is 240 g/mol. The lowest BCUT2D eigenvalue weighted by Gasteiger charge is -2.24. The van der Waals surface area contributed by atoms with Gasteiger partial charge in [-0.1, -0.05) is 12.2 Å². The van der Waals surface area contributed by atoms with E-state index in [1.165, 1.54) is 4.90 Å². The molecule has 2 rings (SSSR count). The normalized spacial score (nSPS) is 36.5. The van der Waals surface area contributed by atoms with Crippen molar-refractivity contribution in [1.29, 1.82) is 0 Å². The monoisotopic (exact) mass is 240 g/mol. The van der Waals surface area contributed by atoms with E-state index in [1.807, 2.05) is 0 Å². The lowest BCUT2D eigenvalue weighted by molar-refractivity contribution is -0.149. The molecule has 1 heterocycles. The fourth-order valence-electron chi connectivity index (χ4n) is 2.41. The minimum absolute atomic E-state index is 0.0926. The summed E-state index contributed by atoms with van der Waals surface area (Å²) in [6, 6.07) is -1.05. The Morgan fingerprint density at radius 2 is 2.00 bits per heavy atom. The Labute approximate surface area is 98.7 Å². The van der Waals surface area contributed by atoms with Crippen LogP contribution >= 0.6 is 0 Å². The van der Waals surface area contributed by atoms with Gasteiger partial charge in [0, 0.05) is 19.0 Å². The van der Waals surface area contributed by atoms with Gasteiger partial charge in [-0.15, -0.1) is 0 Å². The number of nitrogens with two attached hydrogens (primary N) is 1. The van der Waals surface area contributed by atoms with Gasteiger partial charge in [0.1, 0.15) is 6.04 Å². The number of amides is 1. The molecule has 0 saturated carbocycles. The first-order valence-electron chi connectivity index (χ1n) is 5.64. The van der Waals surface area contributed by atoms with E-state index >= 15 is 0 Å². The van der Waals surface area contributed by atoms with Crippen LogP contribution in [0.2, 0.25) is 0 Å². The number of likely N-dealkylation sites (tertiary alicyclic amines) is 1. The first-order chi connectivity index (χ1) is 7.99. The lowest BCUT2D eigenvalue weighted by Crippen LogP contribution is -2.43. The van der Waals surface area contributed by atoms with Gasteiger partial charge in [0.15, 0.2) is 0 Å². The number of carboxylic acids is 1. The number of carbonyl (C=O) groups is 2. The molecule has 17 heavy (non-hydrogen) atoms. The highest BCUT2D eigenvalue weighted by Crippen LogP contribution is 2.25. The molecule has 4 atom stereocenters. The van der Waals surface area contributed by atoms with Crippen LogP contribution in [0.25, 0.3) is 0 Å². The fourth-order valence-corrected chi connectivity index (χ4v) is 2.41. The number of hydrogen-bond acceptors (Lipinski definition) is 4. The summed E-state index contributed by atoms with van der Waals surface area (Å²) >= 11 is 0. The number of carbonyl (C=O) groups excluding carboxylic acids is 1. The zero-order valence-electron chi connectivity index (χ0n) is 9.32. The van der Waals surface area contributed by atoms with Gasteiger partial charge in [0.05, 0.1) is 12.0 Å². The Balaban J connectivity index is 2.08. The Hall–Kier alpha value is -1.40. The van der Waals surface area contributed by atoms with Gasteiger partial charge in [-0.05, 0) is 6.42 Å². The van der Waals surface area contributed by atoms with E-state index in [9.17, 15) is 14.7 Å². The summed E-state index contributed by atoms with van der Waals surface area (Å²) in [6.45, 7) is 0.0926. The van der Waals surface area contributed by atoms with Crippen LogP contribution in [0.5, 0.6) is 0 Å². The Bertz CT molecular complexity index is 368. The third-order valence-corrected chi connectivity index (χ3v) is 3.28. The highest BCUT2D eigenvalue weighted by molar-refractivity contribution is 5.87. The predicted octanol–water partition coefficient (Wildman–Crippen LogP) is -1.06. The highest BCUT2D eigenvalue weighted by Gasteiger charge is 2.41. The van der Waals surface area contributed by atoms with Crippen LogP contribution in [0, 0.1) is 5.92 Å². The largest absolute Gasteiger partial charge is 0.480 e. The Morgan fingerprint density at radius 1 is 1.29 bits per heavy atom. The maximum absolute atomic E-state index is 12.1. The van der Waals surface area contributed by atoms with Crippen LogP contribution < -0.4 is 5.73 Å². The molecule has 6 heteroatoms. The molecule has 4 N–H and O–H groups in total. The number of aliphatic hydroxyl groups is 1. The number of hydrogen-bond donors (Lipinski definition) is 3.